The number of likely N-dealkylation sites (N-methyl/N-ethyl adjacent to an activating group) is 1. The Morgan fingerprint density at radius 1 is 1.04 bits per heavy atom. The predicted octanol–water partition coefficient (Wildman–Crippen LogP) is 1.96. The molecule has 0 bridgehead atoms. The van der Waals surface area contributed by atoms with E-state index >= 15 is 0 Å². The molecule has 0 rings (SSSR count). The predicted molar refractivity (Wildman–Crippen MR) is 103 cm³/mol. The Hall–Kier alpha value is -0.850. The molecule has 0 heterocycles. The molecule has 6 nitrogen and oxygen atoms in total. The SMILES string of the molecule is CCCCOCCOCCNC(=NC)NCC(CC(C)C)N(C)C. The maximum atomic E-state index is 5.55. The van der Waals surface area contributed by atoms with E-state index in [-0.39, 0.29) is 0 Å². The first-order valence-electron chi connectivity index (χ1n) is 9.27. The molecular formula is C18H40N4O2. The standard InChI is InChI=1S/C18H40N4O2/c1-7-8-10-23-12-13-24-11-9-20-18(19-4)21-15-17(22(5)6)14-16(2)3/h16-17H,7-15H2,1-6H3,(H2,19,20,21). The Kier molecular flexibility index (Phi) is 15.1. The monoisotopic (exact) mass is 344 g/mol. The van der Waals surface area contributed by atoms with E-state index in [0.29, 0.717) is 31.8 Å². The Labute approximate surface area is 149 Å². The maximum Gasteiger partial charge on any atom is 0.191 e. The Balaban J connectivity index is 3.76. The van der Waals surface area contributed by atoms with Crippen LogP contribution in [0.5, 0.6) is 0 Å². The van der Waals surface area contributed by atoms with E-state index in [2.05, 4.69) is 55.4 Å². The second-order valence-electron chi connectivity index (χ2n) is 6.71. The van der Waals surface area contributed by atoms with E-state index < -0.39 is 0 Å². The highest BCUT2D eigenvalue weighted by molar-refractivity contribution is 5.79. The normalized spacial score (nSPS) is 13.6. The number of nitrogens with zero attached hydrogens (tertiary/aromatic N) is 2. The van der Waals surface area contributed by atoms with Gasteiger partial charge in [0.1, 0.15) is 0 Å². The maximum absolute atomic E-state index is 5.55. The van der Waals surface area contributed by atoms with Crippen LogP contribution in [0.15, 0.2) is 4.99 Å². The summed E-state index contributed by atoms with van der Waals surface area (Å²) in [4.78, 5) is 6.53. The molecular weight excluding hydrogens is 304 g/mol. The largest absolute Gasteiger partial charge is 0.379 e. The molecule has 0 aliphatic heterocycles. The number of rotatable bonds is 14. The summed E-state index contributed by atoms with van der Waals surface area (Å²) in [6, 6.07) is 0.500. The van der Waals surface area contributed by atoms with Crippen molar-refractivity contribution in [3.05, 3.63) is 0 Å². The Morgan fingerprint density at radius 3 is 2.25 bits per heavy atom. The molecule has 1 atom stereocenters. The van der Waals surface area contributed by atoms with Crippen LogP contribution in [0.25, 0.3) is 0 Å². The van der Waals surface area contributed by atoms with Crippen LogP contribution in [0.2, 0.25) is 0 Å². The van der Waals surface area contributed by atoms with Crippen molar-refractivity contribution in [2.75, 3.05) is 60.7 Å². The smallest absolute Gasteiger partial charge is 0.191 e. The number of hydrogen-bond donors (Lipinski definition) is 2. The topological polar surface area (TPSA) is 58.1 Å². The zero-order valence-corrected chi connectivity index (χ0v) is 16.7. The van der Waals surface area contributed by atoms with Gasteiger partial charge in [-0.3, -0.25) is 4.99 Å². The lowest BCUT2D eigenvalue weighted by Gasteiger charge is -2.27. The van der Waals surface area contributed by atoms with Crippen LogP contribution in [-0.2, 0) is 9.47 Å². The van der Waals surface area contributed by atoms with Gasteiger partial charge in [0.25, 0.3) is 0 Å². The molecule has 24 heavy (non-hydrogen) atoms. The summed E-state index contributed by atoms with van der Waals surface area (Å²) in [6.07, 6.45) is 3.45. The van der Waals surface area contributed by atoms with Crippen molar-refractivity contribution >= 4 is 5.96 Å². The third-order valence-electron chi connectivity index (χ3n) is 3.76. The van der Waals surface area contributed by atoms with Crippen LogP contribution >= 0.6 is 0 Å². The molecule has 144 valence electrons. The summed E-state index contributed by atoms with van der Waals surface area (Å²) in [7, 11) is 6.05. The second-order valence-corrected chi connectivity index (χ2v) is 6.71. The lowest BCUT2D eigenvalue weighted by Crippen LogP contribution is -2.46. The van der Waals surface area contributed by atoms with Crippen molar-refractivity contribution in [2.45, 2.75) is 46.1 Å². The summed E-state index contributed by atoms with van der Waals surface area (Å²) in [5.74, 6) is 1.51. The van der Waals surface area contributed by atoms with Gasteiger partial charge in [-0.15, -0.1) is 0 Å². The van der Waals surface area contributed by atoms with Crippen LogP contribution in [0.3, 0.4) is 0 Å². The van der Waals surface area contributed by atoms with Crippen molar-refractivity contribution in [1.29, 1.82) is 0 Å². The summed E-state index contributed by atoms with van der Waals surface area (Å²) in [5.41, 5.74) is 0. The van der Waals surface area contributed by atoms with Crippen molar-refractivity contribution < 1.29 is 9.47 Å². The van der Waals surface area contributed by atoms with Gasteiger partial charge < -0.3 is 25.0 Å². The van der Waals surface area contributed by atoms with E-state index in [4.69, 9.17) is 9.47 Å². The first-order chi connectivity index (χ1) is 11.5. The summed E-state index contributed by atoms with van der Waals surface area (Å²) >= 11 is 0. The van der Waals surface area contributed by atoms with Crippen molar-refractivity contribution in [2.24, 2.45) is 10.9 Å². The lowest BCUT2D eigenvalue weighted by atomic mass is 10.0. The zero-order valence-electron chi connectivity index (χ0n) is 16.7. The molecule has 6 heteroatoms. The fourth-order valence-corrected chi connectivity index (χ4v) is 2.27. The molecule has 0 spiro atoms. The van der Waals surface area contributed by atoms with Gasteiger partial charge in [-0.05, 0) is 32.9 Å². The lowest BCUT2D eigenvalue weighted by molar-refractivity contribution is 0.0487. The molecule has 0 saturated heterocycles. The number of aliphatic imine (C=N–C) groups is 1. The molecule has 0 aromatic heterocycles. The molecule has 0 fully saturated rings. The van der Waals surface area contributed by atoms with Crippen LogP contribution in [0.4, 0.5) is 0 Å². The summed E-state index contributed by atoms with van der Waals surface area (Å²) in [6.45, 7) is 11.1. The fraction of sp³-hybridized carbons (Fsp3) is 0.944. The first kappa shape index (κ1) is 23.1. The average molecular weight is 345 g/mol. The first-order valence-corrected chi connectivity index (χ1v) is 9.27. The fourth-order valence-electron chi connectivity index (χ4n) is 2.27. The Bertz CT molecular complexity index is 309. The molecule has 2 N–H and O–H groups in total. The minimum absolute atomic E-state index is 0.500. The van der Waals surface area contributed by atoms with Crippen molar-refractivity contribution in [3.8, 4) is 0 Å². The minimum atomic E-state index is 0.500. The van der Waals surface area contributed by atoms with Gasteiger partial charge in [0, 0.05) is 32.8 Å². The van der Waals surface area contributed by atoms with E-state index in [0.717, 1.165) is 38.5 Å². The van der Waals surface area contributed by atoms with Gasteiger partial charge in [-0.2, -0.15) is 0 Å². The highest BCUT2D eigenvalue weighted by atomic mass is 16.5. The molecule has 0 amide bonds. The van der Waals surface area contributed by atoms with Crippen LogP contribution in [0.1, 0.15) is 40.0 Å². The van der Waals surface area contributed by atoms with Gasteiger partial charge in [-0.1, -0.05) is 27.2 Å². The number of guanidine groups is 1. The van der Waals surface area contributed by atoms with Gasteiger partial charge in [0.05, 0.1) is 19.8 Å². The van der Waals surface area contributed by atoms with E-state index in [1.54, 1.807) is 7.05 Å². The van der Waals surface area contributed by atoms with Crippen LogP contribution < -0.4 is 10.6 Å². The zero-order chi connectivity index (χ0) is 18.2. The molecule has 0 aromatic rings. The highest BCUT2D eigenvalue weighted by Gasteiger charge is 2.13. The van der Waals surface area contributed by atoms with Crippen molar-refractivity contribution in [3.63, 3.8) is 0 Å². The Morgan fingerprint density at radius 2 is 1.71 bits per heavy atom. The number of unbranched alkanes of at least 4 members (excludes halogenated alkanes) is 1. The second kappa shape index (κ2) is 15.7. The quantitative estimate of drug-likeness (QED) is 0.287. The van der Waals surface area contributed by atoms with E-state index in [9.17, 15) is 0 Å². The molecule has 0 radical (unpaired) electrons. The van der Waals surface area contributed by atoms with Gasteiger partial charge in [0.15, 0.2) is 5.96 Å². The third kappa shape index (κ3) is 13.6. The summed E-state index contributed by atoms with van der Waals surface area (Å²) < 4.78 is 11.0. The number of nitrogens with one attached hydrogen (secondary N) is 2. The molecule has 0 saturated carbocycles. The summed E-state index contributed by atoms with van der Waals surface area (Å²) in [5, 5.41) is 6.68. The van der Waals surface area contributed by atoms with Gasteiger partial charge in [-0.25, -0.2) is 0 Å². The molecule has 0 aliphatic carbocycles. The highest BCUT2D eigenvalue weighted by Crippen LogP contribution is 2.07. The van der Waals surface area contributed by atoms with Crippen molar-refractivity contribution in [1.82, 2.24) is 15.5 Å². The third-order valence-corrected chi connectivity index (χ3v) is 3.76. The number of ether oxygens (including phenoxy) is 2. The number of hydrogen-bond acceptors (Lipinski definition) is 4. The van der Waals surface area contributed by atoms with E-state index in [1.807, 2.05) is 0 Å². The molecule has 0 aromatic carbocycles. The van der Waals surface area contributed by atoms with E-state index in [1.165, 1.54) is 6.42 Å². The van der Waals surface area contributed by atoms with Gasteiger partial charge in [0.2, 0.25) is 0 Å². The molecule has 1 unspecified atom stereocenters. The van der Waals surface area contributed by atoms with Crippen LogP contribution in [-0.4, -0.2) is 77.6 Å². The van der Waals surface area contributed by atoms with Gasteiger partial charge >= 0.3 is 0 Å². The average Bonchev–Trinajstić information content (AvgIpc) is 2.54. The van der Waals surface area contributed by atoms with Crippen LogP contribution in [0, 0.1) is 5.92 Å². The molecule has 0 aliphatic rings. The minimum Gasteiger partial charge on any atom is -0.379 e.